The van der Waals surface area contributed by atoms with Crippen molar-refractivity contribution in [3.8, 4) is 0 Å². The molecule has 0 spiro atoms. The summed E-state index contributed by atoms with van der Waals surface area (Å²) in [5.74, 6) is 0.830. The van der Waals surface area contributed by atoms with E-state index in [4.69, 9.17) is 0 Å². The van der Waals surface area contributed by atoms with Crippen LogP contribution < -0.4 is 5.32 Å². The average Bonchev–Trinajstić information content (AvgIpc) is 2.63. The molecular weight excluding hydrogens is 354 g/mol. The smallest absolute Gasteiger partial charge is 0.140 e. The van der Waals surface area contributed by atoms with Gasteiger partial charge in [-0.15, -0.1) is 11.3 Å². The van der Waals surface area contributed by atoms with E-state index in [1.54, 1.807) is 17.5 Å². The quantitative estimate of drug-likeness (QED) is 0.897. The fraction of sp³-hybridized carbons (Fsp3) is 0.200. The monoisotopic (exact) mass is 361 g/mol. The molecule has 0 aliphatic heterocycles. The Morgan fingerprint density at radius 1 is 1.31 bits per heavy atom. The number of nitrogens with one attached hydrogen (secondary N) is 1. The van der Waals surface area contributed by atoms with E-state index in [9.17, 15) is 0 Å². The zero-order valence-electron chi connectivity index (χ0n) is 8.50. The third-order valence-corrected chi connectivity index (χ3v) is 3.83. The molecule has 0 atom stereocenters. The van der Waals surface area contributed by atoms with Gasteiger partial charge in [-0.05, 0) is 44.8 Å². The highest BCUT2D eigenvalue weighted by molar-refractivity contribution is 9.11. The van der Waals surface area contributed by atoms with Crippen molar-refractivity contribution >= 4 is 49.0 Å². The molecule has 2 heterocycles. The van der Waals surface area contributed by atoms with Crippen LogP contribution in [-0.2, 0) is 6.54 Å². The number of hydrogen-bond donors (Lipinski definition) is 1. The van der Waals surface area contributed by atoms with Crippen molar-refractivity contribution < 1.29 is 0 Å². The van der Waals surface area contributed by atoms with Crippen molar-refractivity contribution in [2.45, 2.75) is 13.5 Å². The summed E-state index contributed by atoms with van der Waals surface area (Å²) < 4.78 is 1.89. The van der Waals surface area contributed by atoms with Crippen molar-refractivity contribution in [1.82, 2.24) is 9.97 Å². The molecule has 0 fully saturated rings. The van der Waals surface area contributed by atoms with Crippen LogP contribution in [-0.4, -0.2) is 9.97 Å². The molecule has 0 aliphatic rings. The number of pyridine rings is 1. The van der Waals surface area contributed by atoms with Crippen LogP contribution in [0.15, 0.2) is 27.4 Å². The molecule has 0 bridgehead atoms. The first-order valence-electron chi connectivity index (χ1n) is 4.61. The lowest BCUT2D eigenvalue weighted by Gasteiger charge is -2.05. The third kappa shape index (κ3) is 3.02. The normalized spacial score (nSPS) is 10.4. The van der Waals surface area contributed by atoms with Crippen LogP contribution in [0.4, 0.5) is 5.82 Å². The van der Waals surface area contributed by atoms with E-state index < -0.39 is 0 Å². The third-order valence-electron chi connectivity index (χ3n) is 1.88. The van der Waals surface area contributed by atoms with E-state index in [0.717, 1.165) is 19.8 Å². The van der Waals surface area contributed by atoms with Gasteiger partial charge in [0.15, 0.2) is 0 Å². The first kappa shape index (κ1) is 12.0. The van der Waals surface area contributed by atoms with E-state index in [1.807, 2.05) is 12.3 Å². The van der Waals surface area contributed by atoms with Crippen LogP contribution in [0.5, 0.6) is 0 Å². The molecule has 6 heteroatoms. The Kier molecular flexibility index (Phi) is 3.94. The van der Waals surface area contributed by atoms with Gasteiger partial charge in [-0.25, -0.2) is 9.97 Å². The van der Waals surface area contributed by atoms with Crippen LogP contribution in [0.2, 0.25) is 0 Å². The number of rotatable bonds is 3. The maximum Gasteiger partial charge on any atom is 0.140 e. The topological polar surface area (TPSA) is 37.8 Å². The summed E-state index contributed by atoms with van der Waals surface area (Å²) in [5.41, 5.74) is 0. The van der Waals surface area contributed by atoms with Crippen LogP contribution in [0, 0.1) is 6.92 Å². The molecule has 1 N–H and O–H groups in total. The van der Waals surface area contributed by atoms with Crippen molar-refractivity contribution in [3.63, 3.8) is 0 Å². The number of hydrogen-bond acceptors (Lipinski definition) is 4. The van der Waals surface area contributed by atoms with Gasteiger partial charge in [0.05, 0.1) is 11.0 Å². The minimum absolute atomic E-state index is 0.700. The number of thiazole rings is 1. The van der Waals surface area contributed by atoms with Gasteiger partial charge in [0.2, 0.25) is 0 Å². The Hall–Kier alpha value is -0.460. The van der Waals surface area contributed by atoms with E-state index >= 15 is 0 Å². The molecule has 3 nitrogen and oxygen atoms in total. The Morgan fingerprint density at radius 3 is 2.75 bits per heavy atom. The summed E-state index contributed by atoms with van der Waals surface area (Å²) in [6, 6.07) is 1.96. The molecule has 0 radical (unpaired) electrons. The Bertz CT molecular complexity index is 499. The van der Waals surface area contributed by atoms with Gasteiger partial charge in [0.25, 0.3) is 0 Å². The first-order chi connectivity index (χ1) is 7.65. The molecule has 2 aromatic heterocycles. The lowest BCUT2D eigenvalue weighted by Crippen LogP contribution is -2.01. The predicted molar refractivity (Wildman–Crippen MR) is 73.8 cm³/mol. The van der Waals surface area contributed by atoms with E-state index in [1.165, 1.54) is 4.88 Å². The minimum atomic E-state index is 0.700. The zero-order chi connectivity index (χ0) is 11.5. The summed E-state index contributed by atoms with van der Waals surface area (Å²) in [5, 5.41) is 4.30. The van der Waals surface area contributed by atoms with Gasteiger partial charge >= 0.3 is 0 Å². The lowest BCUT2D eigenvalue weighted by molar-refractivity contribution is 1.07. The van der Waals surface area contributed by atoms with Gasteiger partial charge in [-0.1, -0.05) is 0 Å². The fourth-order valence-corrected chi connectivity index (χ4v) is 3.04. The fourth-order valence-electron chi connectivity index (χ4n) is 1.19. The number of nitrogens with zero attached hydrogens (tertiary/aromatic N) is 2. The largest absolute Gasteiger partial charge is 0.363 e. The van der Waals surface area contributed by atoms with Gasteiger partial charge in [-0.3, -0.25) is 0 Å². The molecule has 0 aliphatic carbocycles. The second kappa shape index (κ2) is 5.25. The average molecular weight is 363 g/mol. The Morgan fingerprint density at radius 2 is 2.12 bits per heavy atom. The Labute approximate surface area is 115 Å². The zero-order valence-corrected chi connectivity index (χ0v) is 12.5. The molecule has 0 amide bonds. The second-order valence-electron chi connectivity index (χ2n) is 3.20. The van der Waals surface area contributed by atoms with Crippen LogP contribution in [0.1, 0.15) is 9.88 Å². The summed E-state index contributed by atoms with van der Waals surface area (Å²) in [6.07, 6.45) is 3.64. The molecule has 0 unspecified atom stereocenters. The van der Waals surface area contributed by atoms with Crippen LogP contribution in [0.25, 0.3) is 0 Å². The van der Waals surface area contributed by atoms with Gasteiger partial charge in [-0.2, -0.15) is 0 Å². The maximum absolute atomic E-state index is 4.28. The van der Waals surface area contributed by atoms with Crippen molar-refractivity contribution in [3.05, 3.63) is 37.3 Å². The van der Waals surface area contributed by atoms with E-state index in [0.29, 0.717) is 6.54 Å². The molecule has 2 rings (SSSR count). The molecule has 2 aromatic rings. The highest BCUT2D eigenvalue weighted by Crippen LogP contribution is 2.24. The predicted octanol–water partition coefficient (Wildman–Crippen LogP) is 3.98. The SMILES string of the molecule is Cc1cnc(CNc2ncc(Br)cc2Br)s1. The lowest BCUT2D eigenvalue weighted by atomic mass is 10.4. The summed E-state index contributed by atoms with van der Waals surface area (Å²) >= 11 is 8.51. The molecule has 0 aromatic carbocycles. The molecule has 0 saturated carbocycles. The molecule has 0 saturated heterocycles. The number of aryl methyl sites for hydroxylation is 1. The van der Waals surface area contributed by atoms with Gasteiger partial charge in [0.1, 0.15) is 10.8 Å². The van der Waals surface area contributed by atoms with E-state index in [-0.39, 0.29) is 0 Å². The summed E-state index contributed by atoms with van der Waals surface area (Å²) in [6.45, 7) is 2.75. The number of halogens is 2. The first-order valence-corrected chi connectivity index (χ1v) is 7.01. The number of anilines is 1. The highest BCUT2D eigenvalue weighted by atomic mass is 79.9. The standard InChI is InChI=1S/C10H9Br2N3S/c1-6-3-13-9(16-6)5-15-10-8(12)2-7(11)4-14-10/h2-4H,5H2,1H3,(H,14,15). The van der Waals surface area contributed by atoms with E-state index in [2.05, 4.69) is 54.1 Å². The number of aromatic nitrogens is 2. The molecular formula is C10H9Br2N3S. The molecule has 16 heavy (non-hydrogen) atoms. The van der Waals surface area contributed by atoms with Crippen LogP contribution in [0.3, 0.4) is 0 Å². The van der Waals surface area contributed by atoms with Crippen molar-refractivity contribution in [2.24, 2.45) is 0 Å². The van der Waals surface area contributed by atoms with Crippen molar-refractivity contribution in [1.29, 1.82) is 0 Å². The maximum atomic E-state index is 4.28. The summed E-state index contributed by atoms with van der Waals surface area (Å²) in [7, 11) is 0. The second-order valence-corrected chi connectivity index (χ2v) is 6.29. The van der Waals surface area contributed by atoms with Crippen LogP contribution >= 0.6 is 43.2 Å². The summed E-state index contributed by atoms with van der Waals surface area (Å²) in [4.78, 5) is 9.78. The Balaban J connectivity index is 2.04. The minimum Gasteiger partial charge on any atom is -0.363 e. The van der Waals surface area contributed by atoms with Gasteiger partial charge in [0, 0.05) is 21.7 Å². The molecule has 84 valence electrons. The van der Waals surface area contributed by atoms with Crippen molar-refractivity contribution in [2.75, 3.05) is 5.32 Å². The highest BCUT2D eigenvalue weighted by Gasteiger charge is 2.03. The van der Waals surface area contributed by atoms with Gasteiger partial charge < -0.3 is 5.32 Å².